The highest BCUT2D eigenvalue weighted by molar-refractivity contribution is 5.99. The lowest BCUT2D eigenvalue weighted by molar-refractivity contribution is -0.138. The molecule has 1 heterocycles. The lowest BCUT2D eigenvalue weighted by atomic mass is 9.95. The molecule has 6 N–H and O–H groups in total. The molecule has 0 unspecified atom stereocenters. The van der Waals surface area contributed by atoms with Crippen molar-refractivity contribution in [1.29, 1.82) is 0 Å². The summed E-state index contributed by atoms with van der Waals surface area (Å²) in [6.07, 6.45) is 2.18. The molecule has 3 aromatic carbocycles. The van der Waals surface area contributed by atoms with Gasteiger partial charge in [0.05, 0.1) is 71.9 Å². The molecule has 0 aliphatic heterocycles. The van der Waals surface area contributed by atoms with Gasteiger partial charge >= 0.3 is 5.97 Å². The molecule has 0 aliphatic rings. The Balaban J connectivity index is 1.22. The number of aryl methyl sites for hydroxylation is 1. The van der Waals surface area contributed by atoms with Gasteiger partial charge in [0, 0.05) is 31.1 Å². The van der Waals surface area contributed by atoms with Crippen molar-refractivity contribution in [3.05, 3.63) is 90.1 Å². The molecular formula is C41H53N5O9. The van der Waals surface area contributed by atoms with E-state index in [-0.39, 0.29) is 25.3 Å². The molecule has 4 rings (SSSR count). The second-order valence-corrected chi connectivity index (χ2v) is 12.6. The van der Waals surface area contributed by atoms with Crippen LogP contribution in [-0.2, 0) is 33.3 Å². The Bertz CT molecular complexity index is 1770. The molecule has 4 aromatic rings. The van der Waals surface area contributed by atoms with Gasteiger partial charge in [-0.25, -0.2) is 4.98 Å². The van der Waals surface area contributed by atoms with Crippen LogP contribution in [0.3, 0.4) is 0 Å². The molecule has 1 aromatic heterocycles. The fourth-order valence-corrected chi connectivity index (χ4v) is 5.65. The number of hydrogen-bond donors (Lipinski definition) is 5. The fourth-order valence-electron chi connectivity index (χ4n) is 5.65. The number of anilines is 1. The van der Waals surface area contributed by atoms with E-state index in [4.69, 9.17) is 29.4 Å². The summed E-state index contributed by atoms with van der Waals surface area (Å²) < 4.78 is 27.9. The lowest BCUT2D eigenvalue weighted by Crippen LogP contribution is -2.39. The van der Waals surface area contributed by atoms with Crippen LogP contribution in [0.5, 0.6) is 5.75 Å². The van der Waals surface area contributed by atoms with Crippen molar-refractivity contribution in [2.75, 3.05) is 84.4 Å². The Hall–Kier alpha value is -5.12. The number of amides is 2. The molecule has 0 aliphatic carbocycles. The summed E-state index contributed by atoms with van der Waals surface area (Å²) in [6, 6.07) is 22.3. The number of carbonyl (C=O) groups excluding carboxylic acids is 2. The second kappa shape index (κ2) is 24.3. The van der Waals surface area contributed by atoms with Crippen LogP contribution in [0.25, 0.3) is 21.9 Å². The third kappa shape index (κ3) is 15.6. The number of carbonyl (C=O) groups is 3. The molecule has 0 radical (unpaired) electrons. The number of benzene rings is 3. The van der Waals surface area contributed by atoms with Gasteiger partial charge in [0.25, 0.3) is 0 Å². The van der Waals surface area contributed by atoms with E-state index < -0.39 is 17.9 Å². The normalized spacial score (nSPS) is 11.6. The van der Waals surface area contributed by atoms with Crippen LogP contribution in [0.1, 0.15) is 36.4 Å². The minimum absolute atomic E-state index is 0.226. The maximum absolute atomic E-state index is 12.8. The first kappa shape index (κ1) is 42.6. The van der Waals surface area contributed by atoms with Crippen molar-refractivity contribution in [2.45, 2.75) is 32.2 Å². The van der Waals surface area contributed by atoms with Gasteiger partial charge in [-0.3, -0.25) is 14.4 Å². The average molecular weight is 760 g/mol. The Morgan fingerprint density at radius 1 is 0.782 bits per heavy atom. The summed E-state index contributed by atoms with van der Waals surface area (Å²) in [5.74, 6) is -0.336. The van der Waals surface area contributed by atoms with Gasteiger partial charge in [-0.1, -0.05) is 54.6 Å². The van der Waals surface area contributed by atoms with Gasteiger partial charge in [0.15, 0.2) is 0 Å². The summed E-state index contributed by atoms with van der Waals surface area (Å²) >= 11 is 0. The smallest absolute Gasteiger partial charge is 0.305 e. The number of ether oxygens (including phenoxy) is 5. The largest absolute Gasteiger partial charge is 0.491 e. The number of rotatable bonds is 27. The van der Waals surface area contributed by atoms with Crippen LogP contribution >= 0.6 is 0 Å². The van der Waals surface area contributed by atoms with Crippen LogP contribution in [0.15, 0.2) is 79.0 Å². The van der Waals surface area contributed by atoms with Gasteiger partial charge in [-0.15, -0.1) is 0 Å². The van der Waals surface area contributed by atoms with Gasteiger partial charge in [-0.05, 0) is 59.2 Å². The minimum Gasteiger partial charge on any atom is -0.491 e. The van der Waals surface area contributed by atoms with Crippen molar-refractivity contribution in [3.63, 3.8) is 0 Å². The first-order valence-electron chi connectivity index (χ1n) is 18.5. The highest BCUT2D eigenvalue weighted by Gasteiger charge is 2.19. The average Bonchev–Trinajstić information content (AvgIpc) is 3.18. The molecule has 1 atom stereocenters. The Labute approximate surface area is 322 Å². The molecule has 0 saturated carbocycles. The topological polar surface area (TPSA) is 193 Å². The minimum atomic E-state index is -1.06. The highest BCUT2D eigenvalue weighted by Crippen LogP contribution is 2.34. The first-order valence-corrected chi connectivity index (χ1v) is 18.5. The molecule has 14 heteroatoms. The van der Waals surface area contributed by atoms with Crippen molar-refractivity contribution in [1.82, 2.24) is 15.6 Å². The first-order chi connectivity index (χ1) is 26.8. The summed E-state index contributed by atoms with van der Waals surface area (Å²) in [4.78, 5) is 41.1. The van der Waals surface area contributed by atoms with Gasteiger partial charge < -0.3 is 50.5 Å². The van der Waals surface area contributed by atoms with Crippen LogP contribution in [-0.4, -0.2) is 107 Å². The number of carboxylic acid groups (broad SMARTS) is 1. The van der Waals surface area contributed by atoms with Crippen LogP contribution in [0, 0.1) is 6.92 Å². The van der Waals surface area contributed by atoms with E-state index >= 15 is 0 Å². The van der Waals surface area contributed by atoms with Crippen molar-refractivity contribution in [3.8, 4) is 16.9 Å². The zero-order valence-electron chi connectivity index (χ0n) is 31.4. The fraction of sp³-hybridized carbons (Fsp3) is 0.415. The molecule has 2 amide bonds. The van der Waals surface area contributed by atoms with Crippen LogP contribution < -0.4 is 26.4 Å². The van der Waals surface area contributed by atoms with Gasteiger partial charge in [0.2, 0.25) is 11.8 Å². The van der Waals surface area contributed by atoms with Crippen molar-refractivity contribution < 1.29 is 43.2 Å². The summed E-state index contributed by atoms with van der Waals surface area (Å²) in [5, 5.41) is 20.1. The Morgan fingerprint density at radius 3 is 2.11 bits per heavy atom. The number of nitrogens with zero attached hydrogens (tertiary/aromatic N) is 1. The van der Waals surface area contributed by atoms with E-state index in [2.05, 4.69) is 20.9 Å². The predicted molar refractivity (Wildman–Crippen MR) is 210 cm³/mol. The molecule has 296 valence electrons. The molecule has 0 saturated heterocycles. The number of aromatic nitrogens is 1. The zero-order valence-corrected chi connectivity index (χ0v) is 31.4. The third-order valence-corrected chi connectivity index (χ3v) is 8.33. The maximum atomic E-state index is 12.8. The predicted octanol–water partition coefficient (Wildman–Crippen LogP) is 4.25. The lowest BCUT2D eigenvalue weighted by Gasteiger charge is -2.18. The van der Waals surface area contributed by atoms with E-state index in [1.165, 1.54) is 0 Å². The number of nitrogens with one attached hydrogen (secondary N) is 3. The summed E-state index contributed by atoms with van der Waals surface area (Å²) in [6.45, 7) is 6.96. The number of pyridine rings is 1. The van der Waals surface area contributed by atoms with Gasteiger partial charge in [0.1, 0.15) is 18.2 Å². The number of fused-ring (bicyclic) bond motifs is 1. The molecule has 0 fully saturated rings. The van der Waals surface area contributed by atoms with Crippen LogP contribution in [0.2, 0.25) is 0 Å². The standard InChI is InChI=1S/C41H53N5O9/c1-30-14-17-44-38(27-30)43-16-4-9-39(47)45-29-40(48)46-36(28-41(49)50)32-12-10-31(11-13-32)33-5-2-7-35-34(33)6-3-8-37(35)55-26-25-54-24-23-53-22-21-52-20-19-51-18-15-42/h2-3,5-8,10-14,17,27,36H,4,9,15-16,18-26,28-29,42H2,1H3,(H,43,44)(H,45,47)(H,46,48)(H,49,50)/t36-/m0/s1. The van der Waals surface area contributed by atoms with Crippen molar-refractivity contribution >= 4 is 34.4 Å². The Kier molecular flexibility index (Phi) is 18.8. The Morgan fingerprint density at radius 2 is 1.44 bits per heavy atom. The van der Waals surface area contributed by atoms with E-state index in [0.717, 1.165) is 39.0 Å². The van der Waals surface area contributed by atoms with E-state index in [9.17, 15) is 19.5 Å². The maximum Gasteiger partial charge on any atom is 0.305 e. The van der Waals surface area contributed by atoms with E-state index in [1.54, 1.807) is 6.20 Å². The summed E-state index contributed by atoms with van der Waals surface area (Å²) in [7, 11) is 0. The molecule has 14 nitrogen and oxygen atoms in total. The molecule has 55 heavy (non-hydrogen) atoms. The zero-order chi connectivity index (χ0) is 39.1. The van der Waals surface area contributed by atoms with Crippen LogP contribution in [0.4, 0.5) is 5.82 Å². The van der Waals surface area contributed by atoms with Crippen molar-refractivity contribution in [2.24, 2.45) is 5.73 Å². The highest BCUT2D eigenvalue weighted by atomic mass is 16.6. The molecule has 0 bridgehead atoms. The number of hydrogen-bond acceptors (Lipinski definition) is 11. The quantitative estimate of drug-likeness (QED) is 0.0544. The third-order valence-electron chi connectivity index (χ3n) is 8.33. The summed E-state index contributed by atoms with van der Waals surface area (Å²) in [5.41, 5.74) is 8.98. The van der Waals surface area contributed by atoms with E-state index in [1.807, 2.05) is 79.7 Å². The second-order valence-electron chi connectivity index (χ2n) is 12.6. The van der Waals surface area contributed by atoms with Gasteiger partial charge in [-0.2, -0.15) is 0 Å². The SMILES string of the molecule is Cc1ccnc(NCCCC(=O)NCC(=O)N[C@@H](CC(=O)O)c2ccc(-c3cccc4c(OCCOCCOCCOCCOCCN)cccc34)cc2)c1. The molecule has 0 spiro atoms. The van der Waals surface area contributed by atoms with E-state index in [0.29, 0.717) is 84.5 Å². The molecular weight excluding hydrogens is 706 g/mol. The number of aliphatic carboxylic acids is 1. The number of nitrogens with two attached hydrogens (primary N) is 1. The number of carboxylic acids is 1. The monoisotopic (exact) mass is 759 g/mol.